The maximum absolute atomic E-state index is 12.3. The van der Waals surface area contributed by atoms with E-state index in [1.807, 2.05) is 26.0 Å². The summed E-state index contributed by atoms with van der Waals surface area (Å²) in [5.74, 6) is -0.312. The first kappa shape index (κ1) is 26.1. The third-order valence-corrected chi connectivity index (χ3v) is 5.42. The molecule has 7 heteroatoms. The Balaban J connectivity index is 1.79. The zero-order chi connectivity index (χ0) is 23.5. The van der Waals surface area contributed by atoms with Crippen molar-refractivity contribution in [3.8, 4) is 5.75 Å². The number of aliphatic hydroxyl groups is 2. The first-order chi connectivity index (χ1) is 15.3. The fourth-order valence-corrected chi connectivity index (χ4v) is 3.80. The summed E-state index contributed by atoms with van der Waals surface area (Å²) in [6, 6.07) is 6.90. The van der Waals surface area contributed by atoms with Gasteiger partial charge in [0.1, 0.15) is 24.2 Å². The first-order valence-corrected chi connectivity index (χ1v) is 11.4. The molecule has 0 saturated heterocycles. The number of hydrogen-bond donors (Lipinski definition) is 2. The summed E-state index contributed by atoms with van der Waals surface area (Å²) >= 11 is 5.91. The molecule has 0 unspecified atom stereocenters. The lowest BCUT2D eigenvalue weighted by atomic mass is 9.90. The molecule has 1 aromatic rings. The molecule has 0 spiro atoms. The fraction of sp³-hybridized carbons (Fsp3) is 0.520. The molecule has 6 nitrogen and oxygen atoms in total. The third-order valence-electron chi connectivity index (χ3n) is 5.18. The Morgan fingerprint density at radius 1 is 1.31 bits per heavy atom. The first-order valence-electron chi connectivity index (χ1n) is 11.1. The fourth-order valence-electron chi connectivity index (χ4n) is 3.62. The molecule has 0 aliphatic heterocycles. The Morgan fingerprint density at radius 2 is 2.09 bits per heavy atom. The average Bonchev–Trinajstić information content (AvgIpc) is 2.99. The molecule has 1 aliphatic carbocycles. The molecule has 0 radical (unpaired) electrons. The van der Waals surface area contributed by atoms with E-state index in [0.717, 1.165) is 6.42 Å². The van der Waals surface area contributed by atoms with Crippen molar-refractivity contribution in [2.75, 3.05) is 6.61 Å². The second kappa shape index (κ2) is 13.4. The number of hydrogen-bond acceptors (Lipinski definition) is 6. The number of allylic oxidation sites excluding steroid dienone is 2. The maximum Gasteiger partial charge on any atom is 0.306 e. The molecule has 4 atom stereocenters. The van der Waals surface area contributed by atoms with Crippen molar-refractivity contribution in [1.82, 2.24) is 0 Å². The van der Waals surface area contributed by atoms with Gasteiger partial charge in [-0.25, -0.2) is 0 Å². The topological polar surface area (TPSA) is 93.1 Å². The van der Waals surface area contributed by atoms with E-state index in [0.29, 0.717) is 30.0 Å². The molecular formula is C25H33ClO6. The number of ketones is 1. The van der Waals surface area contributed by atoms with Crippen molar-refractivity contribution >= 4 is 23.4 Å². The van der Waals surface area contributed by atoms with Gasteiger partial charge in [0.2, 0.25) is 0 Å². The van der Waals surface area contributed by atoms with Gasteiger partial charge in [0.05, 0.1) is 12.2 Å². The molecule has 0 aromatic heterocycles. The normalized spacial score (nSPS) is 22.2. The van der Waals surface area contributed by atoms with Gasteiger partial charge in [0, 0.05) is 29.7 Å². The third kappa shape index (κ3) is 9.15. The van der Waals surface area contributed by atoms with Crippen molar-refractivity contribution in [3.63, 3.8) is 0 Å². The van der Waals surface area contributed by atoms with E-state index in [1.165, 1.54) is 0 Å². The number of ether oxygens (including phenoxy) is 2. The van der Waals surface area contributed by atoms with Gasteiger partial charge in [-0.05, 0) is 51.3 Å². The largest absolute Gasteiger partial charge is 0.491 e. The van der Waals surface area contributed by atoms with E-state index < -0.39 is 12.2 Å². The van der Waals surface area contributed by atoms with Crippen LogP contribution in [0.2, 0.25) is 5.02 Å². The van der Waals surface area contributed by atoms with Gasteiger partial charge < -0.3 is 19.7 Å². The molecule has 1 aliphatic rings. The van der Waals surface area contributed by atoms with Crippen molar-refractivity contribution in [2.24, 2.45) is 11.8 Å². The van der Waals surface area contributed by atoms with Crippen LogP contribution in [0.3, 0.4) is 0 Å². The van der Waals surface area contributed by atoms with Crippen LogP contribution in [0.4, 0.5) is 0 Å². The quantitative estimate of drug-likeness (QED) is 0.272. The van der Waals surface area contributed by atoms with Gasteiger partial charge in [-0.2, -0.15) is 0 Å². The number of esters is 1. The van der Waals surface area contributed by atoms with Crippen LogP contribution in [0.1, 0.15) is 46.0 Å². The summed E-state index contributed by atoms with van der Waals surface area (Å²) in [5, 5.41) is 21.0. The number of halogens is 1. The highest BCUT2D eigenvalue weighted by Crippen LogP contribution is 2.33. The molecule has 0 bridgehead atoms. The van der Waals surface area contributed by atoms with Crippen LogP contribution in [0.15, 0.2) is 48.6 Å². The molecule has 2 rings (SSSR count). The van der Waals surface area contributed by atoms with E-state index >= 15 is 0 Å². The molecular weight excluding hydrogens is 432 g/mol. The van der Waals surface area contributed by atoms with E-state index in [9.17, 15) is 19.8 Å². The summed E-state index contributed by atoms with van der Waals surface area (Å²) in [6.07, 6.45) is 7.80. The SMILES string of the molecule is CC(C)OC(=O)CCC/C=C\C[C@H]1C(=O)C[C@@H](O)[C@@H]1/C=C/[C@@H](O)COc1cccc(Cl)c1. The van der Waals surface area contributed by atoms with Crippen molar-refractivity contribution in [2.45, 2.75) is 64.3 Å². The predicted octanol–water partition coefficient (Wildman–Crippen LogP) is 4.27. The molecule has 1 aromatic carbocycles. The lowest BCUT2D eigenvalue weighted by Crippen LogP contribution is -2.20. The Hall–Kier alpha value is -2.15. The standard InChI is InChI=1S/C25H33ClO6/c1-17(2)32-25(30)11-6-4-3-5-10-21-22(24(29)15-23(21)28)13-12-19(27)16-31-20-9-7-8-18(26)14-20/h3,5,7-9,12-14,17,19,21-22,24,27,29H,4,6,10-11,15-16H2,1-2H3/b5-3-,13-12+/t19-,21-,22-,24-/m1/s1. The summed E-state index contributed by atoms with van der Waals surface area (Å²) < 4.78 is 10.6. The Kier molecular flexibility index (Phi) is 10.9. The highest BCUT2D eigenvalue weighted by molar-refractivity contribution is 6.30. The molecule has 32 heavy (non-hydrogen) atoms. The predicted molar refractivity (Wildman–Crippen MR) is 124 cm³/mol. The molecule has 0 heterocycles. The van der Waals surface area contributed by atoms with Gasteiger partial charge >= 0.3 is 5.97 Å². The van der Waals surface area contributed by atoms with Gasteiger partial charge in [-0.3, -0.25) is 9.59 Å². The van der Waals surface area contributed by atoms with Gasteiger partial charge in [-0.1, -0.05) is 42.0 Å². The molecule has 1 saturated carbocycles. The van der Waals surface area contributed by atoms with Crippen LogP contribution in [0, 0.1) is 11.8 Å². The van der Waals surface area contributed by atoms with Crippen molar-refractivity contribution in [3.05, 3.63) is 53.6 Å². The molecule has 2 N–H and O–H groups in total. The van der Waals surface area contributed by atoms with Crippen LogP contribution in [0.5, 0.6) is 5.75 Å². The average molecular weight is 465 g/mol. The van der Waals surface area contributed by atoms with E-state index in [-0.39, 0.29) is 42.7 Å². The number of benzene rings is 1. The number of aliphatic hydroxyl groups excluding tert-OH is 2. The van der Waals surface area contributed by atoms with Gasteiger partial charge in [0.25, 0.3) is 0 Å². The van der Waals surface area contributed by atoms with Crippen LogP contribution >= 0.6 is 11.6 Å². The number of carbonyl (C=O) groups is 2. The van der Waals surface area contributed by atoms with Crippen molar-refractivity contribution in [1.29, 1.82) is 0 Å². The summed E-state index contributed by atoms with van der Waals surface area (Å²) in [4.78, 5) is 23.8. The summed E-state index contributed by atoms with van der Waals surface area (Å²) in [5.41, 5.74) is 0. The van der Waals surface area contributed by atoms with E-state index in [1.54, 1.807) is 36.4 Å². The summed E-state index contributed by atoms with van der Waals surface area (Å²) in [7, 11) is 0. The lowest BCUT2D eigenvalue weighted by molar-refractivity contribution is -0.147. The monoisotopic (exact) mass is 464 g/mol. The van der Waals surface area contributed by atoms with Gasteiger partial charge in [0.15, 0.2) is 0 Å². The maximum atomic E-state index is 12.3. The van der Waals surface area contributed by atoms with Crippen LogP contribution in [-0.2, 0) is 14.3 Å². The molecule has 176 valence electrons. The van der Waals surface area contributed by atoms with Crippen LogP contribution < -0.4 is 4.74 Å². The van der Waals surface area contributed by atoms with E-state index in [2.05, 4.69) is 0 Å². The highest BCUT2D eigenvalue weighted by atomic mass is 35.5. The number of unbranched alkanes of at least 4 members (excludes halogenated alkanes) is 1. The zero-order valence-corrected chi connectivity index (χ0v) is 19.4. The lowest BCUT2D eigenvalue weighted by Gasteiger charge is -2.17. The van der Waals surface area contributed by atoms with E-state index in [4.69, 9.17) is 21.1 Å². The van der Waals surface area contributed by atoms with Crippen LogP contribution in [-0.4, -0.2) is 46.9 Å². The highest BCUT2D eigenvalue weighted by Gasteiger charge is 2.39. The van der Waals surface area contributed by atoms with Gasteiger partial charge in [-0.15, -0.1) is 0 Å². The Morgan fingerprint density at radius 3 is 2.81 bits per heavy atom. The second-order valence-electron chi connectivity index (χ2n) is 8.28. The Labute approximate surface area is 194 Å². The minimum atomic E-state index is -0.876. The minimum absolute atomic E-state index is 0.0157. The summed E-state index contributed by atoms with van der Waals surface area (Å²) in [6.45, 7) is 3.68. The molecule has 1 fully saturated rings. The number of Topliss-reactive ketones (excluding diaryl/α,β-unsaturated/α-hetero) is 1. The number of carbonyl (C=O) groups excluding carboxylic acids is 2. The Bertz CT molecular complexity index is 803. The number of rotatable bonds is 12. The molecule has 0 amide bonds. The van der Waals surface area contributed by atoms with Crippen molar-refractivity contribution < 1.29 is 29.3 Å². The second-order valence-corrected chi connectivity index (χ2v) is 8.72. The minimum Gasteiger partial charge on any atom is -0.491 e. The van der Waals surface area contributed by atoms with Crippen LogP contribution in [0.25, 0.3) is 0 Å². The smallest absolute Gasteiger partial charge is 0.306 e. The zero-order valence-electron chi connectivity index (χ0n) is 18.7.